The molecular formula is C8H6FNO3. The van der Waals surface area contributed by atoms with Crippen molar-refractivity contribution in [1.29, 1.82) is 0 Å². The van der Waals surface area contributed by atoms with E-state index >= 15 is 0 Å². The maximum absolute atomic E-state index is 12.9. The SMILES string of the molecule is Cc1c(F)cc(C=O)cc1[N+](=O)[O-]. The van der Waals surface area contributed by atoms with Gasteiger partial charge >= 0.3 is 0 Å². The first-order valence-corrected chi connectivity index (χ1v) is 3.46. The van der Waals surface area contributed by atoms with Gasteiger partial charge < -0.3 is 0 Å². The molecule has 4 nitrogen and oxygen atoms in total. The Morgan fingerprint density at radius 1 is 1.54 bits per heavy atom. The van der Waals surface area contributed by atoms with Crippen LogP contribution in [0.4, 0.5) is 10.1 Å². The van der Waals surface area contributed by atoms with E-state index in [1.807, 2.05) is 0 Å². The second-order valence-electron chi connectivity index (χ2n) is 2.52. The fraction of sp³-hybridized carbons (Fsp3) is 0.125. The molecule has 0 radical (unpaired) electrons. The van der Waals surface area contributed by atoms with Crippen LogP contribution in [0, 0.1) is 22.9 Å². The largest absolute Gasteiger partial charge is 0.298 e. The lowest BCUT2D eigenvalue weighted by atomic mass is 10.1. The van der Waals surface area contributed by atoms with E-state index in [2.05, 4.69) is 0 Å². The molecule has 0 unspecified atom stereocenters. The molecule has 0 N–H and O–H groups in total. The monoisotopic (exact) mass is 183 g/mol. The molecule has 1 rings (SSSR count). The smallest absolute Gasteiger partial charge is 0.275 e. The molecule has 0 aliphatic heterocycles. The summed E-state index contributed by atoms with van der Waals surface area (Å²) in [6.07, 6.45) is 0.371. The quantitative estimate of drug-likeness (QED) is 0.399. The minimum atomic E-state index is -0.740. The van der Waals surface area contributed by atoms with Crippen LogP contribution in [0.15, 0.2) is 12.1 Å². The van der Waals surface area contributed by atoms with Gasteiger partial charge in [-0.25, -0.2) is 4.39 Å². The number of carbonyl (C=O) groups excluding carboxylic acids is 1. The van der Waals surface area contributed by atoms with Gasteiger partial charge in [0, 0.05) is 11.6 Å². The van der Waals surface area contributed by atoms with E-state index in [1.165, 1.54) is 6.92 Å². The number of nitro groups is 1. The first-order valence-electron chi connectivity index (χ1n) is 3.46. The number of carbonyl (C=O) groups is 1. The summed E-state index contributed by atoms with van der Waals surface area (Å²) in [7, 11) is 0. The Labute approximate surface area is 73.1 Å². The maximum atomic E-state index is 12.9. The number of halogens is 1. The van der Waals surface area contributed by atoms with Gasteiger partial charge in [0.15, 0.2) is 0 Å². The Bertz CT molecular complexity index is 376. The Morgan fingerprint density at radius 3 is 2.62 bits per heavy atom. The van der Waals surface area contributed by atoms with Gasteiger partial charge in [0.2, 0.25) is 0 Å². The molecule has 0 aliphatic carbocycles. The highest BCUT2D eigenvalue weighted by molar-refractivity contribution is 5.76. The molecule has 0 saturated heterocycles. The van der Waals surface area contributed by atoms with Crippen molar-refractivity contribution in [3.8, 4) is 0 Å². The van der Waals surface area contributed by atoms with E-state index in [1.54, 1.807) is 0 Å². The molecule has 0 bridgehead atoms. The summed E-state index contributed by atoms with van der Waals surface area (Å²) in [5.41, 5.74) is -0.465. The zero-order chi connectivity index (χ0) is 10.0. The van der Waals surface area contributed by atoms with Gasteiger partial charge in [-0.1, -0.05) is 0 Å². The third kappa shape index (κ3) is 1.69. The van der Waals surface area contributed by atoms with Gasteiger partial charge in [-0.3, -0.25) is 14.9 Å². The molecule has 5 heteroatoms. The van der Waals surface area contributed by atoms with Crippen LogP contribution in [0.3, 0.4) is 0 Å². The minimum Gasteiger partial charge on any atom is -0.298 e. The summed E-state index contributed by atoms with van der Waals surface area (Å²) in [6.45, 7) is 1.29. The van der Waals surface area contributed by atoms with Crippen molar-refractivity contribution in [1.82, 2.24) is 0 Å². The van der Waals surface area contributed by atoms with Crippen LogP contribution >= 0.6 is 0 Å². The summed E-state index contributed by atoms with van der Waals surface area (Å²) in [5, 5.41) is 10.4. The normalized spacial score (nSPS) is 9.69. The fourth-order valence-corrected chi connectivity index (χ4v) is 0.942. The van der Waals surface area contributed by atoms with Crippen LogP contribution in [0.25, 0.3) is 0 Å². The Kier molecular flexibility index (Phi) is 2.36. The van der Waals surface area contributed by atoms with Crippen LogP contribution in [-0.4, -0.2) is 11.2 Å². The summed E-state index contributed by atoms with van der Waals surface area (Å²) in [5.74, 6) is -0.740. The molecule has 0 aliphatic rings. The zero-order valence-electron chi connectivity index (χ0n) is 6.78. The molecule has 0 spiro atoms. The average Bonchev–Trinajstić information content (AvgIpc) is 2.09. The highest BCUT2D eigenvalue weighted by Crippen LogP contribution is 2.21. The van der Waals surface area contributed by atoms with Crippen molar-refractivity contribution in [2.45, 2.75) is 6.92 Å². The number of rotatable bonds is 2. The predicted molar refractivity (Wildman–Crippen MR) is 43.2 cm³/mol. The first kappa shape index (κ1) is 9.31. The highest BCUT2D eigenvalue weighted by Gasteiger charge is 2.15. The molecule has 1 aromatic rings. The number of hydrogen-bond acceptors (Lipinski definition) is 3. The lowest BCUT2D eigenvalue weighted by Gasteiger charge is -1.98. The van der Waals surface area contributed by atoms with Crippen molar-refractivity contribution >= 4 is 12.0 Å². The van der Waals surface area contributed by atoms with E-state index < -0.39 is 10.7 Å². The molecule has 0 fully saturated rings. The minimum absolute atomic E-state index is 0.0326. The van der Waals surface area contributed by atoms with E-state index in [9.17, 15) is 19.3 Å². The summed E-state index contributed by atoms with van der Waals surface area (Å²) in [6, 6.07) is 2.01. The lowest BCUT2D eigenvalue weighted by molar-refractivity contribution is -0.385. The number of aldehydes is 1. The van der Waals surface area contributed by atoms with Crippen molar-refractivity contribution in [2.75, 3.05) is 0 Å². The molecule has 0 heterocycles. The van der Waals surface area contributed by atoms with Crippen LogP contribution in [-0.2, 0) is 0 Å². The molecule has 0 saturated carbocycles. The van der Waals surface area contributed by atoms with Crippen LogP contribution in [0.5, 0.6) is 0 Å². The first-order chi connectivity index (χ1) is 6.06. The third-order valence-electron chi connectivity index (χ3n) is 1.67. The average molecular weight is 183 g/mol. The standard InChI is InChI=1S/C8H6FNO3/c1-5-7(9)2-6(4-11)3-8(5)10(12)13/h2-4H,1H3. The highest BCUT2D eigenvalue weighted by atomic mass is 19.1. The molecule has 13 heavy (non-hydrogen) atoms. The van der Waals surface area contributed by atoms with Crippen molar-refractivity contribution in [3.63, 3.8) is 0 Å². The van der Waals surface area contributed by atoms with Gasteiger partial charge in [0.05, 0.1) is 10.5 Å². The van der Waals surface area contributed by atoms with Gasteiger partial charge in [0.25, 0.3) is 5.69 Å². The lowest BCUT2D eigenvalue weighted by Crippen LogP contribution is -1.96. The van der Waals surface area contributed by atoms with Gasteiger partial charge in [-0.2, -0.15) is 0 Å². The molecule has 0 atom stereocenters. The van der Waals surface area contributed by atoms with Gasteiger partial charge in [-0.05, 0) is 13.0 Å². The van der Waals surface area contributed by atoms with Crippen molar-refractivity contribution < 1.29 is 14.1 Å². The van der Waals surface area contributed by atoms with Crippen LogP contribution < -0.4 is 0 Å². The molecule has 0 amide bonds. The van der Waals surface area contributed by atoms with E-state index in [-0.39, 0.29) is 16.8 Å². The number of hydrogen-bond donors (Lipinski definition) is 0. The summed E-state index contributed by atoms with van der Waals surface area (Å²) >= 11 is 0. The molecular weight excluding hydrogens is 177 g/mol. The predicted octanol–water partition coefficient (Wildman–Crippen LogP) is 1.85. The van der Waals surface area contributed by atoms with Gasteiger partial charge in [-0.15, -0.1) is 0 Å². The fourth-order valence-electron chi connectivity index (χ4n) is 0.942. The van der Waals surface area contributed by atoms with Gasteiger partial charge in [0.1, 0.15) is 12.1 Å². The van der Waals surface area contributed by atoms with Crippen molar-refractivity contribution in [2.24, 2.45) is 0 Å². The van der Waals surface area contributed by atoms with Crippen LogP contribution in [0.1, 0.15) is 15.9 Å². The topological polar surface area (TPSA) is 60.2 Å². The van der Waals surface area contributed by atoms with Crippen molar-refractivity contribution in [3.05, 3.63) is 39.2 Å². The molecule has 0 aromatic heterocycles. The van der Waals surface area contributed by atoms with Crippen LogP contribution in [0.2, 0.25) is 0 Å². The summed E-state index contributed by atoms with van der Waals surface area (Å²) < 4.78 is 12.9. The number of benzene rings is 1. The second kappa shape index (κ2) is 3.30. The van der Waals surface area contributed by atoms with E-state index in [0.29, 0.717) is 6.29 Å². The zero-order valence-corrected chi connectivity index (χ0v) is 6.78. The van der Waals surface area contributed by atoms with E-state index in [4.69, 9.17) is 0 Å². The summed E-state index contributed by atoms with van der Waals surface area (Å²) in [4.78, 5) is 19.9. The Hall–Kier alpha value is -1.78. The number of nitro benzene ring substituents is 1. The molecule has 1 aromatic carbocycles. The van der Waals surface area contributed by atoms with E-state index in [0.717, 1.165) is 12.1 Å². The molecule has 68 valence electrons. The Balaban J connectivity index is 3.41. The second-order valence-corrected chi connectivity index (χ2v) is 2.52. The number of nitrogens with zero attached hydrogens (tertiary/aromatic N) is 1. The maximum Gasteiger partial charge on any atom is 0.275 e. The third-order valence-corrected chi connectivity index (χ3v) is 1.67. The Morgan fingerprint density at radius 2 is 2.15 bits per heavy atom.